The van der Waals surface area contributed by atoms with E-state index in [0.717, 1.165) is 33.9 Å². The van der Waals surface area contributed by atoms with Crippen molar-refractivity contribution in [2.45, 2.75) is 40.0 Å². The molecule has 0 fully saturated rings. The maximum absolute atomic E-state index is 11.2. The Morgan fingerprint density at radius 2 is 0.655 bits per heavy atom. The molecule has 3 aliphatic heterocycles. The molecular formula is C45H33NdO9. The molecule has 0 spiro atoms. The van der Waals surface area contributed by atoms with Gasteiger partial charge in [0.25, 0.3) is 0 Å². The van der Waals surface area contributed by atoms with Gasteiger partial charge in [-0.15, -0.1) is 0 Å². The Hall–Kier alpha value is -5.52. The van der Waals surface area contributed by atoms with Crippen molar-refractivity contribution in [1.82, 2.24) is 0 Å². The summed E-state index contributed by atoms with van der Waals surface area (Å²) in [5.41, 5.74) is 7.97. The third-order valence-electron chi connectivity index (χ3n) is 9.73. The number of carboxylic acids is 3. The molecule has 9 rings (SSSR count). The van der Waals surface area contributed by atoms with E-state index in [1.165, 1.54) is 0 Å². The van der Waals surface area contributed by atoms with E-state index in [9.17, 15) is 29.7 Å². The summed E-state index contributed by atoms with van der Waals surface area (Å²) in [6.07, 6.45) is 1.70. The van der Waals surface area contributed by atoms with Gasteiger partial charge in [-0.05, 0) is 90.6 Å². The molecule has 9 nitrogen and oxygen atoms in total. The van der Waals surface area contributed by atoms with Gasteiger partial charge in [0.2, 0.25) is 0 Å². The summed E-state index contributed by atoms with van der Waals surface area (Å²) >= 11 is 0. The Morgan fingerprint density at radius 3 is 0.909 bits per heavy atom. The number of carbonyl (C=O) groups is 3. The Balaban J connectivity index is 0.000000139. The summed E-state index contributed by atoms with van der Waals surface area (Å²) in [6, 6.07) is 33.6. The number of carboxylic acid groups (broad SMARTS) is 3. The number of aromatic carboxylic acids is 3. The number of fused-ring (bicyclic) bond motifs is 6. The smallest absolute Gasteiger partial charge is 0.545 e. The second kappa shape index (κ2) is 16.5. The number of hydrogen-bond acceptors (Lipinski definition) is 9. The number of para-hydroxylation sites is 3. The molecule has 55 heavy (non-hydrogen) atoms. The topological polar surface area (TPSA) is 148 Å². The van der Waals surface area contributed by atoms with Crippen LogP contribution in [-0.4, -0.2) is 17.9 Å². The van der Waals surface area contributed by atoms with Crippen LogP contribution in [0.5, 0.6) is 34.5 Å². The van der Waals surface area contributed by atoms with Gasteiger partial charge in [0, 0.05) is 52.6 Å². The predicted octanol–water partition coefficient (Wildman–Crippen LogP) is 6.17. The number of benzene rings is 6. The van der Waals surface area contributed by atoms with Gasteiger partial charge in [-0.1, -0.05) is 72.8 Å². The minimum atomic E-state index is -1.15. The zero-order valence-corrected chi connectivity index (χ0v) is 33.4. The minimum Gasteiger partial charge on any atom is -0.545 e. The maximum atomic E-state index is 11.2. The standard InChI is InChI=1S/3C15H12O3.Nd/c3*1-9-6-7-13-11(14(9)15(16)17)8-10-4-2-3-5-12(10)18-13;/h3*2-7H,8H2,1H3,(H,16,17);/q;;;+3/p-3. The Labute approximate surface area is 350 Å². The van der Waals surface area contributed by atoms with Crippen molar-refractivity contribution in [3.05, 3.63) is 176 Å². The molecule has 0 aromatic heterocycles. The summed E-state index contributed by atoms with van der Waals surface area (Å²) in [5, 5.41) is 33.7. The van der Waals surface area contributed by atoms with Crippen molar-refractivity contribution in [2.24, 2.45) is 0 Å². The van der Waals surface area contributed by atoms with E-state index in [2.05, 4.69) is 0 Å². The van der Waals surface area contributed by atoms with Gasteiger partial charge in [0.1, 0.15) is 34.5 Å². The van der Waals surface area contributed by atoms with Crippen molar-refractivity contribution >= 4 is 17.9 Å². The van der Waals surface area contributed by atoms with Gasteiger partial charge in [0.15, 0.2) is 0 Å². The van der Waals surface area contributed by atoms with E-state index in [4.69, 9.17) is 14.2 Å². The van der Waals surface area contributed by atoms with Crippen molar-refractivity contribution < 1.29 is 84.8 Å². The number of carbonyl (C=O) groups excluding carboxylic acids is 3. The number of hydrogen-bond donors (Lipinski definition) is 0. The molecule has 3 heterocycles. The monoisotopic (exact) mass is 859 g/mol. The molecule has 1 radical (unpaired) electrons. The van der Waals surface area contributed by atoms with Crippen LogP contribution in [0.25, 0.3) is 0 Å². The van der Waals surface area contributed by atoms with E-state index in [-0.39, 0.29) is 57.5 Å². The van der Waals surface area contributed by atoms with Crippen LogP contribution < -0.4 is 29.5 Å². The average Bonchev–Trinajstić information content (AvgIpc) is 3.15. The Bertz CT molecular complexity index is 2210. The van der Waals surface area contributed by atoms with Gasteiger partial charge in [-0.3, -0.25) is 0 Å². The first kappa shape index (κ1) is 39.2. The molecule has 0 saturated carbocycles. The van der Waals surface area contributed by atoms with E-state index in [0.29, 0.717) is 69.9 Å². The van der Waals surface area contributed by atoms with E-state index in [1.807, 2.05) is 91.0 Å². The molecule has 6 aromatic rings. The van der Waals surface area contributed by atoms with Gasteiger partial charge >= 0.3 is 40.8 Å². The number of ether oxygens (including phenoxy) is 3. The van der Waals surface area contributed by atoms with Crippen molar-refractivity contribution in [3.8, 4) is 34.5 Å². The molecule has 0 N–H and O–H groups in total. The van der Waals surface area contributed by atoms with E-state index < -0.39 is 17.9 Å². The minimum absolute atomic E-state index is 0. The van der Waals surface area contributed by atoms with E-state index >= 15 is 0 Å². The van der Waals surface area contributed by atoms with Crippen LogP contribution >= 0.6 is 0 Å². The summed E-state index contributed by atoms with van der Waals surface area (Å²) in [7, 11) is 0. The third kappa shape index (κ3) is 7.99. The fourth-order valence-corrected chi connectivity index (χ4v) is 7.08. The summed E-state index contributed by atoms with van der Waals surface area (Å²) < 4.78 is 17.2. The molecule has 0 saturated heterocycles. The maximum Gasteiger partial charge on any atom is 3.00 e. The van der Waals surface area contributed by atoms with Crippen molar-refractivity contribution in [2.75, 3.05) is 0 Å². The van der Waals surface area contributed by atoms with Crippen LogP contribution in [0.2, 0.25) is 0 Å². The second-order valence-corrected chi connectivity index (χ2v) is 13.2. The zero-order valence-electron chi connectivity index (χ0n) is 30.2. The molecule has 3 aliphatic rings. The van der Waals surface area contributed by atoms with Crippen LogP contribution in [0, 0.1) is 61.6 Å². The van der Waals surface area contributed by atoms with Gasteiger partial charge in [-0.2, -0.15) is 0 Å². The summed E-state index contributed by atoms with van der Waals surface area (Å²) in [4.78, 5) is 33.7. The first-order valence-corrected chi connectivity index (χ1v) is 17.3. The molecule has 271 valence electrons. The van der Waals surface area contributed by atoms with Crippen LogP contribution in [0.15, 0.2) is 109 Å². The van der Waals surface area contributed by atoms with Gasteiger partial charge in [-0.25, -0.2) is 0 Å². The van der Waals surface area contributed by atoms with Crippen molar-refractivity contribution in [1.29, 1.82) is 0 Å². The first-order chi connectivity index (χ1) is 26.0. The molecule has 6 aromatic carbocycles. The molecule has 0 bridgehead atoms. The zero-order chi connectivity index (χ0) is 38.1. The summed E-state index contributed by atoms with van der Waals surface area (Å²) in [6.45, 7) is 5.31. The average molecular weight is 862 g/mol. The SMILES string of the molecule is Cc1ccc2c(c1C(=O)[O-])Cc1ccccc1O2.Cc1ccc2c(c1C(=O)[O-])Cc1ccccc1O2.Cc1ccc2c(c1C(=O)[O-])Cc1ccccc1O2.[Nd+3]. The normalized spacial score (nSPS) is 12.1. The molecule has 0 aliphatic carbocycles. The first-order valence-electron chi connectivity index (χ1n) is 17.3. The van der Waals surface area contributed by atoms with Gasteiger partial charge in [0.05, 0.1) is 17.9 Å². The van der Waals surface area contributed by atoms with Crippen LogP contribution in [0.4, 0.5) is 0 Å². The van der Waals surface area contributed by atoms with Gasteiger partial charge < -0.3 is 43.9 Å². The van der Waals surface area contributed by atoms with Crippen LogP contribution in [-0.2, 0) is 19.3 Å². The molecule has 0 unspecified atom stereocenters. The molecule has 10 heteroatoms. The fraction of sp³-hybridized carbons (Fsp3) is 0.133. The Kier molecular flexibility index (Phi) is 11.7. The quantitative estimate of drug-likeness (QED) is 0.204. The van der Waals surface area contributed by atoms with Crippen molar-refractivity contribution in [3.63, 3.8) is 0 Å². The molecule has 0 amide bonds. The number of rotatable bonds is 3. The van der Waals surface area contributed by atoms with Crippen LogP contribution in [0.3, 0.4) is 0 Å². The predicted molar refractivity (Wildman–Crippen MR) is 194 cm³/mol. The molecular weight excluding hydrogens is 829 g/mol. The number of aryl methyl sites for hydroxylation is 3. The van der Waals surface area contributed by atoms with E-state index in [1.54, 1.807) is 39.0 Å². The molecule has 0 atom stereocenters. The third-order valence-corrected chi connectivity index (χ3v) is 9.73. The largest absolute Gasteiger partial charge is 3.00 e. The Morgan fingerprint density at radius 1 is 0.400 bits per heavy atom. The van der Waals surface area contributed by atoms with Crippen LogP contribution in [0.1, 0.15) is 81.1 Å². The summed E-state index contributed by atoms with van der Waals surface area (Å²) in [5.74, 6) is 0.761. The fourth-order valence-electron chi connectivity index (χ4n) is 7.08. The second-order valence-electron chi connectivity index (χ2n) is 13.2.